The van der Waals surface area contributed by atoms with Gasteiger partial charge in [-0.1, -0.05) is 271 Å². The maximum atomic E-state index is 12.7. The predicted molar refractivity (Wildman–Crippen MR) is 330 cm³/mol. The minimum Gasteiger partial charge on any atom is -0.462 e. The van der Waals surface area contributed by atoms with Crippen LogP contribution in [0.1, 0.15) is 271 Å². The molecule has 0 rings (SSSR count). The summed E-state index contributed by atoms with van der Waals surface area (Å²) in [6.45, 7) is 3.47. The largest absolute Gasteiger partial charge is 0.472 e. The molecule has 2 unspecified atom stereocenters. The van der Waals surface area contributed by atoms with Crippen LogP contribution >= 0.6 is 7.82 Å². The molecule has 0 radical (unpaired) electrons. The van der Waals surface area contributed by atoms with E-state index in [1.54, 1.807) is 0 Å². The molecule has 0 aromatic heterocycles. The SMILES string of the molecule is CC/C=C\C/C=C\C/C=C\C/C=C\C/C=C\CCCCCCCCCCCCCCCCCCCCCCCCCCCC(=O)OC(COC(=O)CCCC/C=C\C/C=C\C/C=C\C/C=C\CC)COP(=O)(O)OCCN. The zero-order valence-corrected chi connectivity index (χ0v) is 50.3. The molecular weight excluding hydrogens is 978 g/mol. The highest BCUT2D eigenvalue weighted by Gasteiger charge is 2.26. The fourth-order valence-electron chi connectivity index (χ4n) is 8.60. The Labute approximate surface area is 473 Å². The van der Waals surface area contributed by atoms with Crippen LogP contribution in [0.15, 0.2) is 109 Å². The van der Waals surface area contributed by atoms with E-state index in [4.69, 9.17) is 24.3 Å². The molecule has 9 nitrogen and oxygen atoms in total. The number of hydrogen-bond donors (Lipinski definition) is 2. The molecule has 0 aromatic carbocycles. The van der Waals surface area contributed by atoms with E-state index in [-0.39, 0.29) is 32.6 Å². The van der Waals surface area contributed by atoms with Crippen molar-refractivity contribution in [3.63, 3.8) is 0 Å². The number of hydrogen-bond acceptors (Lipinski definition) is 8. The first-order chi connectivity index (χ1) is 37.8. The summed E-state index contributed by atoms with van der Waals surface area (Å²) in [7, 11) is -4.40. The first kappa shape index (κ1) is 73.7. The van der Waals surface area contributed by atoms with Gasteiger partial charge in [0.2, 0.25) is 0 Å². The van der Waals surface area contributed by atoms with E-state index in [2.05, 4.69) is 123 Å². The Hall–Kier alpha value is -3.33. The summed E-state index contributed by atoms with van der Waals surface area (Å²) in [5.41, 5.74) is 5.38. The van der Waals surface area contributed by atoms with Gasteiger partial charge in [0, 0.05) is 19.4 Å². The van der Waals surface area contributed by atoms with E-state index in [1.807, 2.05) is 0 Å². The van der Waals surface area contributed by atoms with Gasteiger partial charge in [-0.2, -0.15) is 0 Å². The van der Waals surface area contributed by atoms with E-state index < -0.39 is 32.5 Å². The van der Waals surface area contributed by atoms with Crippen molar-refractivity contribution in [3.8, 4) is 0 Å². The second-order valence-corrected chi connectivity index (χ2v) is 22.0. The fourth-order valence-corrected chi connectivity index (χ4v) is 9.36. The standard InChI is InChI=1S/C67H116NO8P/c1-3-5-7-9-11-13-15-17-19-20-21-22-23-24-25-26-27-28-29-30-31-32-33-34-35-36-37-38-39-40-41-42-43-44-46-48-50-52-54-56-58-60-67(70)76-65(64-75-77(71,72)74-62-61-68)63-73-66(69)59-57-55-53-51-49-47-45-18-16-14-12-10-8-6-4-2/h5-8,11-14,17-19,21-22,24-25,45,49,51,65H,3-4,9-10,15-16,20,23,26-44,46-48,50,52-64,68H2,1-2H3,(H,71,72)/b7-5-,8-6-,13-11-,14-12-,19-17-,22-21-,25-24-,45-18-,51-49-. The molecule has 0 amide bonds. The van der Waals surface area contributed by atoms with Crippen LogP contribution in [0, 0.1) is 0 Å². The number of carbonyl (C=O) groups excluding carboxylic acids is 2. The Morgan fingerprint density at radius 2 is 0.675 bits per heavy atom. The average molecular weight is 1090 g/mol. The van der Waals surface area contributed by atoms with Crippen LogP contribution in [0.3, 0.4) is 0 Å². The Morgan fingerprint density at radius 3 is 1.03 bits per heavy atom. The molecule has 0 saturated carbocycles. The first-order valence-electron chi connectivity index (χ1n) is 31.4. The first-order valence-corrected chi connectivity index (χ1v) is 32.9. The smallest absolute Gasteiger partial charge is 0.462 e. The Kier molecular flexibility index (Phi) is 59.2. The maximum Gasteiger partial charge on any atom is 0.472 e. The van der Waals surface area contributed by atoms with Gasteiger partial charge >= 0.3 is 19.8 Å². The molecule has 0 saturated heterocycles. The zero-order valence-electron chi connectivity index (χ0n) is 49.4. The number of carbonyl (C=O) groups is 2. The summed E-state index contributed by atoms with van der Waals surface area (Å²) in [5, 5.41) is 0. The molecule has 0 aromatic rings. The molecular formula is C67H116NO8P. The summed E-state index contributed by atoms with van der Waals surface area (Å²) in [6, 6.07) is 0. The van der Waals surface area contributed by atoms with Gasteiger partial charge in [-0.25, -0.2) is 4.57 Å². The van der Waals surface area contributed by atoms with Gasteiger partial charge in [0.15, 0.2) is 6.10 Å². The lowest BCUT2D eigenvalue weighted by atomic mass is 10.0. The summed E-state index contributed by atoms with van der Waals surface area (Å²) in [5.74, 6) is -0.873. The van der Waals surface area contributed by atoms with E-state index in [9.17, 15) is 19.0 Å². The van der Waals surface area contributed by atoms with E-state index in [0.717, 1.165) is 89.9 Å². The summed E-state index contributed by atoms with van der Waals surface area (Å²) < 4.78 is 33.0. The molecule has 0 aliphatic rings. The average Bonchev–Trinajstić information content (AvgIpc) is 3.42. The van der Waals surface area contributed by atoms with E-state index >= 15 is 0 Å². The number of phosphoric acid groups is 1. The van der Waals surface area contributed by atoms with Crippen LogP contribution < -0.4 is 5.73 Å². The van der Waals surface area contributed by atoms with Gasteiger partial charge in [-0.05, 0) is 96.3 Å². The van der Waals surface area contributed by atoms with Gasteiger partial charge in [0.05, 0.1) is 13.2 Å². The van der Waals surface area contributed by atoms with E-state index in [1.165, 1.54) is 141 Å². The van der Waals surface area contributed by atoms with Gasteiger partial charge < -0.3 is 20.1 Å². The minimum absolute atomic E-state index is 0.0449. The summed E-state index contributed by atoms with van der Waals surface area (Å²) in [4.78, 5) is 35.1. The molecule has 10 heteroatoms. The van der Waals surface area contributed by atoms with Crippen LogP contribution in [0.5, 0.6) is 0 Å². The number of phosphoric ester groups is 1. The van der Waals surface area contributed by atoms with Gasteiger partial charge in [-0.3, -0.25) is 18.6 Å². The lowest BCUT2D eigenvalue weighted by Crippen LogP contribution is -2.29. The van der Waals surface area contributed by atoms with Gasteiger partial charge in [0.1, 0.15) is 6.61 Å². The highest BCUT2D eigenvalue weighted by molar-refractivity contribution is 7.47. The number of nitrogens with two attached hydrogens (primary N) is 1. The lowest BCUT2D eigenvalue weighted by molar-refractivity contribution is -0.161. The Bertz CT molecular complexity index is 1630. The normalized spacial score (nSPS) is 13.8. The quantitative estimate of drug-likeness (QED) is 0.0264. The molecule has 442 valence electrons. The van der Waals surface area contributed by atoms with Gasteiger partial charge in [0.25, 0.3) is 0 Å². The third-order valence-corrected chi connectivity index (χ3v) is 14.1. The maximum absolute atomic E-state index is 12.7. The van der Waals surface area contributed by atoms with Gasteiger partial charge in [-0.15, -0.1) is 0 Å². The summed E-state index contributed by atoms with van der Waals surface area (Å²) >= 11 is 0. The monoisotopic (exact) mass is 1090 g/mol. The summed E-state index contributed by atoms with van der Waals surface area (Å²) in [6.07, 6.45) is 84.8. The fraction of sp³-hybridized carbons (Fsp3) is 0.701. The molecule has 2 atom stereocenters. The van der Waals surface area contributed by atoms with Crippen LogP contribution in [-0.4, -0.2) is 49.3 Å². The molecule has 77 heavy (non-hydrogen) atoms. The highest BCUT2D eigenvalue weighted by Crippen LogP contribution is 2.43. The topological polar surface area (TPSA) is 134 Å². The highest BCUT2D eigenvalue weighted by atomic mass is 31.2. The predicted octanol–water partition coefficient (Wildman–Crippen LogP) is 20.2. The van der Waals surface area contributed by atoms with Crippen LogP contribution in [0.25, 0.3) is 0 Å². The van der Waals surface area contributed by atoms with Crippen molar-refractivity contribution in [2.45, 2.75) is 277 Å². The number of esters is 2. The van der Waals surface area contributed by atoms with Crippen molar-refractivity contribution in [1.29, 1.82) is 0 Å². The minimum atomic E-state index is -4.40. The number of ether oxygens (including phenoxy) is 2. The zero-order chi connectivity index (χ0) is 55.9. The van der Waals surface area contributed by atoms with Crippen molar-refractivity contribution >= 4 is 19.8 Å². The number of allylic oxidation sites excluding steroid dienone is 18. The number of rotatable bonds is 58. The van der Waals surface area contributed by atoms with E-state index in [0.29, 0.717) is 12.8 Å². The second kappa shape index (κ2) is 61.9. The molecule has 0 spiro atoms. The van der Waals surface area contributed by atoms with Crippen molar-refractivity contribution in [2.75, 3.05) is 26.4 Å². The molecule has 0 heterocycles. The van der Waals surface area contributed by atoms with Crippen molar-refractivity contribution in [2.24, 2.45) is 5.73 Å². The van der Waals surface area contributed by atoms with Crippen molar-refractivity contribution in [3.05, 3.63) is 109 Å². The Balaban J connectivity index is 3.79. The van der Waals surface area contributed by atoms with Crippen LogP contribution in [0.2, 0.25) is 0 Å². The molecule has 3 N–H and O–H groups in total. The third kappa shape index (κ3) is 61.7. The molecule has 0 bridgehead atoms. The van der Waals surface area contributed by atoms with Crippen molar-refractivity contribution in [1.82, 2.24) is 0 Å². The van der Waals surface area contributed by atoms with Crippen molar-refractivity contribution < 1.29 is 37.6 Å². The lowest BCUT2D eigenvalue weighted by Gasteiger charge is -2.19. The third-order valence-electron chi connectivity index (χ3n) is 13.2. The molecule has 0 aliphatic heterocycles. The molecule has 0 aliphatic carbocycles. The van der Waals surface area contributed by atoms with Crippen LogP contribution in [-0.2, 0) is 32.7 Å². The second-order valence-electron chi connectivity index (χ2n) is 20.5. The Morgan fingerprint density at radius 1 is 0.390 bits per heavy atom. The molecule has 0 fully saturated rings. The van der Waals surface area contributed by atoms with Crippen LogP contribution in [0.4, 0.5) is 0 Å². The number of unbranched alkanes of at least 4 members (excludes halogenated alkanes) is 27.